The second kappa shape index (κ2) is 12.7. The molecule has 168 valence electrons. The van der Waals surface area contributed by atoms with Gasteiger partial charge in [0.15, 0.2) is 0 Å². The van der Waals surface area contributed by atoms with Crippen molar-refractivity contribution in [2.45, 2.75) is 32.4 Å². The first-order valence-electron chi connectivity index (χ1n) is 12.0. The molecule has 0 unspecified atom stereocenters. The van der Waals surface area contributed by atoms with Gasteiger partial charge in [0.1, 0.15) is 0 Å². The zero-order chi connectivity index (χ0) is 22.6. The zero-order valence-electron chi connectivity index (χ0n) is 19.3. The minimum atomic E-state index is 0.905. The van der Waals surface area contributed by atoms with Gasteiger partial charge in [0.25, 0.3) is 0 Å². The van der Waals surface area contributed by atoms with E-state index in [0.717, 1.165) is 45.4 Å². The third kappa shape index (κ3) is 7.71. The maximum atomic E-state index is 3.57. The normalized spacial score (nSPS) is 10.9. The van der Waals surface area contributed by atoms with Crippen LogP contribution in [0.2, 0.25) is 0 Å². The minimum Gasteiger partial charge on any atom is -0.313 e. The van der Waals surface area contributed by atoms with E-state index >= 15 is 0 Å². The zero-order valence-corrected chi connectivity index (χ0v) is 19.3. The predicted octanol–water partition coefficient (Wildman–Crippen LogP) is 6.41. The van der Waals surface area contributed by atoms with Gasteiger partial charge in [0.2, 0.25) is 0 Å². The summed E-state index contributed by atoms with van der Waals surface area (Å²) in [6.45, 7) is 3.86. The van der Waals surface area contributed by atoms with Crippen molar-refractivity contribution in [3.05, 3.63) is 131 Å². The Morgan fingerprint density at radius 1 is 0.394 bits per heavy atom. The Balaban J connectivity index is 1.16. The molecule has 0 saturated heterocycles. The summed E-state index contributed by atoms with van der Waals surface area (Å²) in [5.74, 6) is 0. The lowest BCUT2D eigenvalue weighted by molar-refractivity contribution is 0.649. The Bertz CT molecular complexity index is 1060. The third-order valence-electron chi connectivity index (χ3n) is 5.99. The summed E-state index contributed by atoms with van der Waals surface area (Å²) in [6.07, 6.45) is 3.36. The molecule has 0 radical (unpaired) electrons. The minimum absolute atomic E-state index is 0.905. The average Bonchev–Trinajstić information content (AvgIpc) is 2.88. The van der Waals surface area contributed by atoms with E-state index in [4.69, 9.17) is 0 Å². The van der Waals surface area contributed by atoms with Crippen LogP contribution in [-0.4, -0.2) is 13.1 Å². The van der Waals surface area contributed by atoms with Crippen molar-refractivity contribution in [1.29, 1.82) is 0 Å². The maximum absolute atomic E-state index is 3.57. The van der Waals surface area contributed by atoms with Crippen LogP contribution in [0.1, 0.15) is 28.7 Å². The van der Waals surface area contributed by atoms with Crippen LogP contribution in [0.25, 0.3) is 11.1 Å². The van der Waals surface area contributed by atoms with Crippen LogP contribution in [-0.2, 0) is 25.9 Å². The first-order chi connectivity index (χ1) is 16.4. The van der Waals surface area contributed by atoms with Gasteiger partial charge in [-0.05, 0) is 65.7 Å². The second-order valence-corrected chi connectivity index (χ2v) is 8.57. The number of rotatable bonds is 12. The molecule has 0 atom stereocenters. The molecule has 4 aromatic carbocycles. The van der Waals surface area contributed by atoms with Crippen LogP contribution in [0.15, 0.2) is 109 Å². The molecule has 33 heavy (non-hydrogen) atoms. The Hall–Kier alpha value is -3.20. The van der Waals surface area contributed by atoms with Crippen LogP contribution < -0.4 is 10.6 Å². The standard InChI is InChI=1S/C31H34N2/c1-3-8-26(9-4-1)12-7-22-32-24-28-13-17-30(18-14-28)31-19-15-29(16-20-31)25-33-23-21-27-10-5-2-6-11-27/h1-6,8-11,13-20,32-33H,7,12,21-25H2. The van der Waals surface area contributed by atoms with Crippen molar-refractivity contribution in [2.75, 3.05) is 13.1 Å². The predicted molar refractivity (Wildman–Crippen MR) is 140 cm³/mol. The van der Waals surface area contributed by atoms with Crippen LogP contribution in [0.3, 0.4) is 0 Å². The SMILES string of the molecule is c1ccc(CCCNCc2ccc(-c3ccc(CNCCc4ccccc4)cc3)cc2)cc1. The fourth-order valence-electron chi connectivity index (χ4n) is 4.04. The van der Waals surface area contributed by atoms with Crippen molar-refractivity contribution in [2.24, 2.45) is 0 Å². The molecule has 0 heterocycles. The van der Waals surface area contributed by atoms with E-state index in [9.17, 15) is 0 Å². The van der Waals surface area contributed by atoms with E-state index < -0.39 is 0 Å². The van der Waals surface area contributed by atoms with Gasteiger partial charge in [-0.1, -0.05) is 109 Å². The van der Waals surface area contributed by atoms with Gasteiger partial charge in [0.05, 0.1) is 0 Å². The number of hydrogen-bond donors (Lipinski definition) is 2. The highest BCUT2D eigenvalue weighted by molar-refractivity contribution is 5.63. The molecular formula is C31H34N2. The van der Waals surface area contributed by atoms with E-state index in [1.54, 1.807) is 0 Å². The van der Waals surface area contributed by atoms with E-state index in [-0.39, 0.29) is 0 Å². The summed E-state index contributed by atoms with van der Waals surface area (Å²) in [5.41, 5.74) is 7.99. The molecule has 0 aliphatic carbocycles. The van der Waals surface area contributed by atoms with Crippen molar-refractivity contribution in [3.8, 4) is 11.1 Å². The molecule has 2 N–H and O–H groups in total. The number of aryl methyl sites for hydroxylation is 1. The van der Waals surface area contributed by atoms with E-state index in [2.05, 4.69) is 120 Å². The molecule has 0 bridgehead atoms. The van der Waals surface area contributed by atoms with Crippen molar-refractivity contribution < 1.29 is 0 Å². The van der Waals surface area contributed by atoms with E-state index in [1.165, 1.54) is 33.4 Å². The summed E-state index contributed by atoms with van der Waals surface area (Å²) >= 11 is 0. The summed E-state index contributed by atoms with van der Waals surface area (Å²) in [4.78, 5) is 0. The van der Waals surface area contributed by atoms with Crippen molar-refractivity contribution >= 4 is 0 Å². The monoisotopic (exact) mass is 434 g/mol. The first kappa shape index (κ1) is 23.0. The maximum Gasteiger partial charge on any atom is 0.0205 e. The molecule has 2 nitrogen and oxygen atoms in total. The second-order valence-electron chi connectivity index (χ2n) is 8.57. The molecule has 4 rings (SSSR count). The molecule has 0 spiro atoms. The summed E-state index contributed by atoms with van der Waals surface area (Å²) < 4.78 is 0. The van der Waals surface area contributed by atoms with E-state index in [0.29, 0.717) is 0 Å². The van der Waals surface area contributed by atoms with Crippen LogP contribution in [0.5, 0.6) is 0 Å². The molecule has 0 aromatic heterocycles. The highest BCUT2D eigenvalue weighted by atomic mass is 14.8. The van der Waals surface area contributed by atoms with E-state index in [1.807, 2.05) is 0 Å². The highest BCUT2D eigenvalue weighted by Gasteiger charge is 2.00. The molecule has 0 fully saturated rings. The van der Waals surface area contributed by atoms with Gasteiger partial charge in [-0.15, -0.1) is 0 Å². The lowest BCUT2D eigenvalue weighted by Crippen LogP contribution is -2.16. The van der Waals surface area contributed by atoms with Gasteiger partial charge in [-0.3, -0.25) is 0 Å². The highest BCUT2D eigenvalue weighted by Crippen LogP contribution is 2.20. The number of hydrogen-bond acceptors (Lipinski definition) is 2. The lowest BCUT2D eigenvalue weighted by atomic mass is 10.0. The van der Waals surface area contributed by atoms with Crippen LogP contribution in [0.4, 0.5) is 0 Å². The topological polar surface area (TPSA) is 24.1 Å². The van der Waals surface area contributed by atoms with Gasteiger partial charge < -0.3 is 10.6 Å². The Labute approximate surface area is 198 Å². The summed E-state index contributed by atoms with van der Waals surface area (Å²) in [5, 5.41) is 7.11. The van der Waals surface area contributed by atoms with Crippen LogP contribution in [0, 0.1) is 0 Å². The van der Waals surface area contributed by atoms with Crippen molar-refractivity contribution in [1.82, 2.24) is 10.6 Å². The Morgan fingerprint density at radius 3 is 1.36 bits per heavy atom. The lowest BCUT2D eigenvalue weighted by Gasteiger charge is -2.08. The molecule has 4 aromatic rings. The van der Waals surface area contributed by atoms with Crippen molar-refractivity contribution in [3.63, 3.8) is 0 Å². The Morgan fingerprint density at radius 2 is 0.848 bits per heavy atom. The fraction of sp³-hybridized carbons (Fsp3) is 0.226. The molecule has 0 aliphatic heterocycles. The number of nitrogens with one attached hydrogen (secondary N) is 2. The average molecular weight is 435 g/mol. The molecule has 2 heteroatoms. The molecular weight excluding hydrogens is 400 g/mol. The van der Waals surface area contributed by atoms with Gasteiger partial charge in [0, 0.05) is 13.1 Å². The van der Waals surface area contributed by atoms with Gasteiger partial charge in [-0.25, -0.2) is 0 Å². The molecule has 0 saturated carbocycles. The largest absolute Gasteiger partial charge is 0.313 e. The Kier molecular flexibility index (Phi) is 8.87. The van der Waals surface area contributed by atoms with Crippen LogP contribution >= 0.6 is 0 Å². The summed E-state index contributed by atoms with van der Waals surface area (Å²) in [7, 11) is 0. The number of benzene rings is 4. The quantitative estimate of drug-likeness (QED) is 0.252. The van der Waals surface area contributed by atoms with Gasteiger partial charge >= 0.3 is 0 Å². The molecule has 0 amide bonds. The fourth-order valence-corrected chi connectivity index (χ4v) is 4.04. The smallest absolute Gasteiger partial charge is 0.0205 e. The summed E-state index contributed by atoms with van der Waals surface area (Å²) in [6, 6.07) is 39.2. The molecule has 0 aliphatic rings. The first-order valence-corrected chi connectivity index (χ1v) is 12.0. The van der Waals surface area contributed by atoms with Gasteiger partial charge in [-0.2, -0.15) is 0 Å². The third-order valence-corrected chi connectivity index (χ3v) is 5.99.